The van der Waals surface area contributed by atoms with Gasteiger partial charge in [0, 0.05) is 18.8 Å². The third kappa shape index (κ3) is 9.34. The van der Waals surface area contributed by atoms with Crippen LogP contribution in [-0.4, -0.2) is 33.4 Å². The number of allylic oxidation sites excluding steroid dienone is 4. The lowest BCUT2D eigenvalue weighted by Crippen LogP contribution is -2.68. The van der Waals surface area contributed by atoms with Crippen molar-refractivity contribution in [3.05, 3.63) is 97.1 Å². The molecule has 0 aliphatic heterocycles. The third-order valence-corrected chi connectivity index (χ3v) is 13.9. The summed E-state index contributed by atoms with van der Waals surface area (Å²) >= 11 is 0. The molecule has 0 amide bonds. The van der Waals surface area contributed by atoms with Crippen LogP contribution in [0.1, 0.15) is 85.5 Å². The second kappa shape index (κ2) is 16.5. The summed E-state index contributed by atoms with van der Waals surface area (Å²) in [5.74, 6) is -3.31. The summed E-state index contributed by atoms with van der Waals surface area (Å²) in [7, 11) is -1.46. The molecule has 0 radical (unpaired) electrons. The molecule has 1 fully saturated rings. The number of esters is 1. The maximum Gasteiger partial charge on any atom is 0.305 e. The topological polar surface area (TPSA) is 35.5 Å². The van der Waals surface area contributed by atoms with Crippen molar-refractivity contribution in [3.63, 3.8) is 0 Å². The molecule has 3 rings (SSSR count). The molecule has 1 saturated carbocycles. The number of carbonyl (C=O) groups excluding carboxylic acids is 1. The zero-order valence-electron chi connectivity index (χ0n) is 27.4. The minimum absolute atomic E-state index is 0.0382. The minimum Gasteiger partial charge on any atom is -0.469 e. The normalized spacial score (nSPS) is 19.7. The maximum absolute atomic E-state index is 14.9. The second-order valence-corrected chi connectivity index (χ2v) is 17.4. The van der Waals surface area contributed by atoms with Gasteiger partial charge in [0.25, 0.3) is 14.2 Å². The molecule has 44 heavy (non-hydrogen) atoms. The summed E-state index contributed by atoms with van der Waals surface area (Å²) in [4.78, 5) is 11.5. The van der Waals surface area contributed by atoms with Crippen molar-refractivity contribution in [2.24, 2.45) is 11.8 Å². The number of carbonyl (C=O) groups is 1. The van der Waals surface area contributed by atoms with Crippen molar-refractivity contribution in [2.45, 2.75) is 103 Å². The molecule has 0 spiro atoms. The van der Waals surface area contributed by atoms with Crippen LogP contribution in [0.15, 0.2) is 97.1 Å². The molecule has 3 nitrogen and oxygen atoms in total. The summed E-state index contributed by atoms with van der Waals surface area (Å²) in [6.07, 6.45) is 12.1. The number of hydrogen-bond donors (Lipinski definition) is 0. The third-order valence-electron chi connectivity index (χ3n) is 8.83. The van der Waals surface area contributed by atoms with Crippen LogP contribution in [0.25, 0.3) is 0 Å². The molecule has 240 valence electrons. The number of hydrogen-bond acceptors (Lipinski definition) is 3. The van der Waals surface area contributed by atoms with Gasteiger partial charge in [0.1, 0.15) is 0 Å². The van der Waals surface area contributed by atoms with E-state index in [4.69, 9.17) is 9.16 Å². The number of ether oxygens (including phenoxy) is 1. The van der Waals surface area contributed by atoms with Crippen LogP contribution < -0.4 is 10.4 Å². The van der Waals surface area contributed by atoms with E-state index in [1.54, 1.807) is 6.08 Å². The van der Waals surface area contributed by atoms with Crippen molar-refractivity contribution in [2.75, 3.05) is 7.11 Å². The average molecular weight is 623 g/mol. The van der Waals surface area contributed by atoms with Crippen molar-refractivity contribution in [1.82, 2.24) is 0 Å². The van der Waals surface area contributed by atoms with E-state index in [1.807, 2.05) is 19.1 Å². The van der Waals surface area contributed by atoms with Gasteiger partial charge in [0.2, 0.25) is 0 Å². The smallest absolute Gasteiger partial charge is 0.305 e. The Morgan fingerprint density at radius 2 is 1.59 bits per heavy atom. The van der Waals surface area contributed by atoms with E-state index < -0.39 is 14.2 Å². The molecule has 0 N–H and O–H groups in total. The van der Waals surface area contributed by atoms with Crippen LogP contribution in [0.5, 0.6) is 0 Å². The predicted molar refractivity (Wildman–Crippen MR) is 181 cm³/mol. The van der Waals surface area contributed by atoms with E-state index >= 15 is 0 Å². The molecule has 0 unspecified atom stereocenters. The fourth-order valence-corrected chi connectivity index (χ4v) is 11.2. The van der Waals surface area contributed by atoms with Crippen LogP contribution in [0.3, 0.4) is 0 Å². The van der Waals surface area contributed by atoms with Gasteiger partial charge in [-0.25, -0.2) is 8.78 Å². The Kier molecular flexibility index (Phi) is 13.3. The van der Waals surface area contributed by atoms with Crippen molar-refractivity contribution < 1.29 is 22.7 Å². The SMILES string of the molecule is C=C1C[C@H](O[Si](c2ccccc2)(c2ccccc2)C(C)(C)C)[C@H](C/C=C/CCCC(=O)OC)[C@H]1/C=C/C(F)(F)CCCCC. The van der Waals surface area contributed by atoms with Crippen molar-refractivity contribution >= 4 is 24.7 Å². The highest BCUT2D eigenvalue weighted by molar-refractivity contribution is 6.99. The Bertz CT molecular complexity index is 1190. The molecular weight excluding hydrogens is 570 g/mol. The van der Waals surface area contributed by atoms with Gasteiger partial charge in [0.15, 0.2) is 0 Å². The van der Waals surface area contributed by atoms with Gasteiger partial charge >= 0.3 is 5.97 Å². The fraction of sp³-hybridized carbons (Fsp3) is 0.500. The van der Waals surface area contributed by atoms with Gasteiger partial charge in [-0.3, -0.25) is 4.79 Å². The number of methoxy groups -OCH3 is 1. The number of rotatable bonds is 16. The molecule has 2 aromatic rings. The molecule has 2 aromatic carbocycles. The molecule has 0 bridgehead atoms. The molecule has 1 aliphatic rings. The van der Waals surface area contributed by atoms with E-state index in [0.29, 0.717) is 32.1 Å². The first-order chi connectivity index (χ1) is 20.9. The molecule has 0 saturated heterocycles. The summed E-state index contributed by atoms with van der Waals surface area (Å²) in [6, 6.07) is 21.1. The van der Waals surface area contributed by atoms with Crippen LogP contribution in [0.4, 0.5) is 8.78 Å². The maximum atomic E-state index is 14.9. The zero-order chi connectivity index (χ0) is 32.2. The van der Waals surface area contributed by atoms with Gasteiger partial charge in [-0.05, 0) is 59.5 Å². The standard InChI is InChI=1S/C38H52F2O3Si/c1-7-8-19-27-38(39,40)28-26-33-30(2)29-35(34(33)24-17-9-10-18-25-36(41)42-6)43-44(37(3,4)5,31-20-13-11-14-21-31)32-22-15-12-16-23-32/h9,11-17,20-23,26,28,33-35H,2,7-8,10,18-19,24-25,27,29H2,1,3-6H3/b17-9+,28-26+/t33-,34+,35-/m0/s1. The average Bonchev–Trinajstić information content (AvgIpc) is 3.29. The highest BCUT2D eigenvalue weighted by atomic mass is 28.4. The highest BCUT2D eigenvalue weighted by Crippen LogP contribution is 2.46. The quantitative estimate of drug-likeness (QED) is 0.0811. The van der Waals surface area contributed by atoms with Crippen LogP contribution in [0.2, 0.25) is 5.04 Å². The van der Waals surface area contributed by atoms with Gasteiger partial charge in [-0.2, -0.15) is 0 Å². The first-order valence-corrected chi connectivity index (χ1v) is 18.1. The summed E-state index contributed by atoms with van der Waals surface area (Å²) in [5, 5.41) is 2.19. The lowest BCUT2D eigenvalue weighted by Gasteiger charge is -2.45. The highest BCUT2D eigenvalue weighted by Gasteiger charge is 2.53. The van der Waals surface area contributed by atoms with Crippen LogP contribution in [0, 0.1) is 11.8 Å². The fourth-order valence-electron chi connectivity index (χ4n) is 6.48. The van der Waals surface area contributed by atoms with Gasteiger partial charge in [-0.1, -0.05) is 132 Å². The molecule has 3 atom stereocenters. The van der Waals surface area contributed by atoms with E-state index in [1.165, 1.54) is 17.5 Å². The van der Waals surface area contributed by atoms with E-state index in [-0.39, 0.29) is 35.4 Å². The number of alkyl halides is 2. The van der Waals surface area contributed by atoms with Crippen LogP contribution >= 0.6 is 0 Å². The zero-order valence-corrected chi connectivity index (χ0v) is 28.4. The summed E-state index contributed by atoms with van der Waals surface area (Å²) in [5.41, 5.74) is 0.942. The Balaban J connectivity index is 1.99. The van der Waals surface area contributed by atoms with Crippen LogP contribution in [-0.2, 0) is 14.0 Å². The Morgan fingerprint density at radius 1 is 0.977 bits per heavy atom. The van der Waals surface area contributed by atoms with Gasteiger partial charge in [-0.15, -0.1) is 0 Å². The number of halogens is 2. The second-order valence-electron chi connectivity index (χ2n) is 13.1. The van der Waals surface area contributed by atoms with Gasteiger partial charge < -0.3 is 9.16 Å². The first kappa shape index (κ1) is 35.6. The van der Waals surface area contributed by atoms with E-state index in [0.717, 1.165) is 30.9 Å². The van der Waals surface area contributed by atoms with Crippen molar-refractivity contribution in [3.8, 4) is 0 Å². The number of benzene rings is 2. The van der Waals surface area contributed by atoms with E-state index in [2.05, 4.69) is 88.0 Å². The first-order valence-electron chi connectivity index (χ1n) is 16.2. The molecule has 6 heteroatoms. The molecule has 1 aliphatic carbocycles. The number of unbranched alkanes of at least 4 members (excludes halogenated alkanes) is 3. The Morgan fingerprint density at radius 3 is 2.14 bits per heavy atom. The van der Waals surface area contributed by atoms with E-state index in [9.17, 15) is 13.6 Å². The van der Waals surface area contributed by atoms with Gasteiger partial charge in [0.05, 0.1) is 13.2 Å². The minimum atomic E-state index is -2.86. The lowest BCUT2D eigenvalue weighted by molar-refractivity contribution is -0.140. The lowest BCUT2D eigenvalue weighted by atomic mass is 9.89. The molecular formula is C38H52F2O3Si. The Hall–Kier alpha value is -2.83. The molecule has 0 heterocycles. The largest absolute Gasteiger partial charge is 0.469 e. The predicted octanol–water partition coefficient (Wildman–Crippen LogP) is 9.19. The monoisotopic (exact) mass is 622 g/mol. The summed E-state index contributed by atoms with van der Waals surface area (Å²) < 4.78 is 42.1. The van der Waals surface area contributed by atoms with Crippen molar-refractivity contribution in [1.29, 1.82) is 0 Å². The Labute approximate surface area is 265 Å². The summed E-state index contributed by atoms with van der Waals surface area (Å²) in [6.45, 7) is 13.2. The molecule has 0 aromatic heterocycles.